The number of benzene rings is 1. The van der Waals surface area contributed by atoms with E-state index in [2.05, 4.69) is 6.07 Å². The van der Waals surface area contributed by atoms with Crippen molar-refractivity contribution in [2.45, 2.75) is 19.8 Å². The summed E-state index contributed by atoms with van der Waals surface area (Å²) in [5, 5.41) is 8.70. The molecule has 2 aromatic rings. The zero-order chi connectivity index (χ0) is 12.8. The Balaban J connectivity index is 1.94. The molecule has 0 atom stereocenters. The zero-order valence-corrected chi connectivity index (χ0v) is 10.3. The molecule has 18 heavy (non-hydrogen) atoms. The molecule has 0 aliphatic heterocycles. The van der Waals surface area contributed by atoms with Crippen LogP contribution in [-0.4, -0.2) is 6.61 Å². The molecular formula is C15H15NO2. The van der Waals surface area contributed by atoms with Gasteiger partial charge in [0.15, 0.2) is 0 Å². The summed E-state index contributed by atoms with van der Waals surface area (Å²) in [5.74, 6) is 1.73. The summed E-state index contributed by atoms with van der Waals surface area (Å²) in [6, 6.07) is 11.8. The van der Waals surface area contributed by atoms with Gasteiger partial charge in [-0.3, -0.25) is 0 Å². The van der Waals surface area contributed by atoms with E-state index in [9.17, 15) is 0 Å². The molecule has 0 fully saturated rings. The average Bonchev–Trinajstić information content (AvgIpc) is 2.82. The van der Waals surface area contributed by atoms with Crippen molar-refractivity contribution in [1.82, 2.24) is 0 Å². The molecule has 0 amide bonds. The topological polar surface area (TPSA) is 46.2 Å². The van der Waals surface area contributed by atoms with Crippen LogP contribution in [0.1, 0.15) is 16.9 Å². The lowest BCUT2D eigenvalue weighted by molar-refractivity contribution is 0.309. The summed E-state index contributed by atoms with van der Waals surface area (Å²) >= 11 is 0. The maximum atomic E-state index is 8.70. The van der Waals surface area contributed by atoms with Crippen molar-refractivity contribution < 1.29 is 9.15 Å². The van der Waals surface area contributed by atoms with Gasteiger partial charge in [-0.2, -0.15) is 5.26 Å². The Morgan fingerprint density at radius 1 is 1.33 bits per heavy atom. The smallest absolute Gasteiger partial charge is 0.119 e. The van der Waals surface area contributed by atoms with Crippen LogP contribution in [-0.2, 0) is 12.8 Å². The molecule has 0 bridgehead atoms. The van der Waals surface area contributed by atoms with Crippen LogP contribution in [0.4, 0.5) is 0 Å². The second-order valence-electron chi connectivity index (χ2n) is 4.17. The fourth-order valence-corrected chi connectivity index (χ4v) is 1.83. The van der Waals surface area contributed by atoms with Crippen molar-refractivity contribution in [3.05, 3.63) is 53.5 Å². The predicted molar refractivity (Wildman–Crippen MR) is 68.4 cm³/mol. The molecule has 0 radical (unpaired) electrons. The first kappa shape index (κ1) is 12.3. The SMILES string of the molecule is Cc1cc(CC#N)cc(OCCc2ccco2)c1. The van der Waals surface area contributed by atoms with E-state index in [1.807, 2.05) is 37.3 Å². The Morgan fingerprint density at radius 3 is 2.94 bits per heavy atom. The van der Waals surface area contributed by atoms with E-state index in [1.54, 1.807) is 6.26 Å². The van der Waals surface area contributed by atoms with Gasteiger partial charge in [0.25, 0.3) is 0 Å². The fraction of sp³-hybridized carbons (Fsp3) is 0.267. The van der Waals surface area contributed by atoms with Gasteiger partial charge in [-0.15, -0.1) is 0 Å². The lowest BCUT2D eigenvalue weighted by atomic mass is 10.1. The van der Waals surface area contributed by atoms with Crippen molar-refractivity contribution in [3.8, 4) is 11.8 Å². The van der Waals surface area contributed by atoms with Gasteiger partial charge in [0.05, 0.1) is 25.4 Å². The molecule has 0 aliphatic carbocycles. The van der Waals surface area contributed by atoms with Crippen LogP contribution in [0.15, 0.2) is 41.0 Å². The summed E-state index contributed by atoms with van der Waals surface area (Å²) in [5.41, 5.74) is 2.10. The highest BCUT2D eigenvalue weighted by molar-refractivity contribution is 5.35. The van der Waals surface area contributed by atoms with Gasteiger partial charge in [0, 0.05) is 6.42 Å². The summed E-state index contributed by atoms with van der Waals surface area (Å²) in [6.07, 6.45) is 2.82. The Bertz CT molecular complexity index is 538. The van der Waals surface area contributed by atoms with Crippen LogP contribution in [0.3, 0.4) is 0 Å². The van der Waals surface area contributed by atoms with E-state index in [-0.39, 0.29) is 0 Å². The van der Waals surface area contributed by atoms with Crippen molar-refractivity contribution in [3.63, 3.8) is 0 Å². The molecule has 0 spiro atoms. The highest BCUT2D eigenvalue weighted by Crippen LogP contribution is 2.17. The lowest BCUT2D eigenvalue weighted by Gasteiger charge is -2.07. The number of aryl methyl sites for hydroxylation is 1. The lowest BCUT2D eigenvalue weighted by Crippen LogP contribution is -2.01. The van der Waals surface area contributed by atoms with Crippen LogP contribution in [0.2, 0.25) is 0 Å². The van der Waals surface area contributed by atoms with E-state index >= 15 is 0 Å². The van der Waals surface area contributed by atoms with E-state index in [0.717, 1.165) is 29.1 Å². The van der Waals surface area contributed by atoms with Gasteiger partial charge in [0.2, 0.25) is 0 Å². The van der Waals surface area contributed by atoms with Crippen LogP contribution in [0.5, 0.6) is 5.75 Å². The minimum Gasteiger partial charge on any atom is -0.493 e. The molecule has 0 aliphatic rings. The predicted octanol–water partition coefficient (Wildman–Crippen LogP) is 3.28. The molecule has 0 N–H and O–H groups in total. The largest absolute Gasteiger partial charge is 0.493 e. The third-order valence-electron chi connectivity index (χ3n) is 2.59. The van der Waals surface area contributed by atoms with Gasteiger partial charge in [-0.1, -0.05) is 6.07 Å². The normalized spacial score (nSPS) is 10.0. The van der Waals surface area contributed by atoms with Crippen LogP contribution in [0, 0.1) is 18.3 Å². The van der Waals surface area contributed by atoms with Gasteiger partial charge in [0.1, 0.15) is 11.5 Å². The van der Waals surface area contributed by atoms with E-state index < -0.39 is 0 Å². The number of nitrogens with zero attached hydrogens (tertiary/aromatic N) is 1. The van der Waals surface area contributed by atoms with E-state index in [0.29, 0.717) is 13.0 Å². The number of furan rings is 1. The number of ether oxygens (including phenoxy) is 1. The molecular weight excluding hydrogens is 226 g/mol. The summed E-state index contributed by atoms with van der Waals surface area (Å²) in [7, 11) is 0. The summed E-state index contributed by atoms with van der Waals surface area (Å²) < 4.78 is 10.9. The van der Waals surface area contributed by atoms with Gasteiger partial charge in [-0.05, 0) is 42.3 Å². The highest BCUT2D eigenvalue weighted by Gasteiger charge is 2.01. The molecule has 3 nitrogen and oxygen atoms in total. The van der Waals surface area contributed by atoms with Gasteiger partial charge >= 0.3 is 0 Å². The standard InChI is InChI=1S/C15H15NO2/c1-12-9-13(4-6-16)11-15(10-12)18-8-5-14-3-2-7-17-14/h2-3,7,9-11H,4-5,8H2,1H3. The van der Waals surface area contributed by atoms with Crippen LogP contribution in [0.25, 0.3) is 0 Å². The Morgan fingerprint density at radius 2 is 2.22 bits per heavy atom. The molecule has 0 saturated carbocycles. The summed E-state index contributed by atoms with van der Waals surface area (Å²) in [6.45, 7) is 2.57. The van der Waals surface area contributed by atoms with Gasteiger partial charge < -0.3 is 9.15 Å². The van der Waals surface area contributed by atoms with Crippen LogP contribution < -0.4 is 4.74 Å². The number of hydrogen-bond donors (Lipinski definition) is 0. The molecule has 0 unspecified atom stereocenters. The Hall–Kier alpha value is -2.21. The van der Waals surface area contributed by atoms with Crippen molar-refractivity contribution in [1.29, 1.82) is 5.26 Å². The first-order chi connectivity index (χ1) is 8.78. The Kier molecular flexibility index (Phi) is 4.03. The third kappa shape index (κ3) is 3.39. The molecule has 2 rings (SSSR count). The molecule has 3 heteroatoms. The highest BCUT2D eigenvalue weighted by atomic mass is 16.5. The number of rotatable bonds is 5. The first-order valence-electron chi connectivity index (χ1n) is 5.90. The second-order valence-corrected chi connectivity index (χ2v) is 4.17. The van der Waals surface area contributed by atoms with Crippen LogP contribution >= 0.6 is 0 Å². The van der Waals surface area contributed by atoms with Crippen molar-refractivity contribution in [2.24, 2.45) is 0 Å². The Labute approximate surface area is 107 Å². The van der Waals surface area contributed by atoms with E-state index in [1.165, 1.54) is 0 Å². The van der Waals surface area contributed by atoms with Crippen molar-refractivity contribution in [2.75, 3.05) is 6.61 Å². The van der Waals surface area contributed by atoms with Crippen molar-refractivity contribution >= 4 is 0 Å². The molecule has 1 aromatic heterocycles. The quantitative estimate of drug-likeness (QED) is 0.807. The minimum absolute atomic E-state index is 0.413. The molecule has 0 saturated heterocycles. The zero-order valence-electron chi connectivity index (χ0n) is 10.3. The van der Waals surface area contributed by atoms with E-state index in [4.69, 9.17) is 14.4 Å². The maximum absolute atomic E-state index is 8.70. The monoisotopic (exact) mass is 241 g/mol. The number of nitriles is 1. The maximum Gasteiger partial charge on any atom is 0.119 e. The number of hydrogen-bond acceptors (Lipinski definition) is 3. The average molecular weight is 241 g/mol. The minimum atomic E-state index is 0.413. The third-order valence-corrected chi connectivity index (χ3v) is 2.59. The molecule has 1 heterocycles. The summed E-state index contributed by atoms with van der Waals surface area (Å²) in [4.78, 5) is 0. The molecule has 1 aromatic carbocycles. The molecule has 92 valence electrons. The first-order valence-corrected chi connectivity index (χ1v) is 5.90. The second kappa shape index (κ2) is 5.92. The van der Waals surface area contributed by atoms with Gasteiger partial charge in [-0.25, -0.2) is 0 Å². The fourth-order valence-electron chi connectivity index (χ4n) is 1.83.